The number of benzene rings is 1. The highest BCUT2D eigenvalue weighted by Gasteiger charge is 2.11. The van der Waals surface area contributed by atoms with Crippen molar-refractivity contribution in [1.29, 1.82) is 0 Å². The molecule has 0 saturated heterocycles. The number of methoxy groups -OCH3 is 1. The fraction of sp³-hybridized carbons (Fsp3) is 0.333. The number of hydrogen-bond donors (Lipinski definition) is 0. The van der Waals surface area contributed by atoms with E-state index in [1.165, 1.54) is 10.4 Å². The van der Waals surface area contributed by atoms with Gasteiger partial charge in [-0.3, -0.25) is 0 Å². The Bertz CT molecular complexity index is 507. The van der Waals surface area contributed by atoms with Crippen LogP contribution < -0.4 is 4.74 Å². The summed E-state index contributed by atoms with van der Waals surface area (Å²) in [6, 6.07) is 12.2. The van der Waals surface area contributed by atoms with Crippen LogP contribution in [0, 0.1) is 5.92 Å². The highest BCUT2D eigenvalue weighted by Crippen LogP contribution is 2.26. The van der Waals surface area contributed by atoms with Crippen molar-refractivity contribution in [2.45, 2.75) is 12.8 Å². The van der Waals surface area contributed by atoms with Crippen molar-refractivity contribution in [3.8, 4) is 5.75 Å². The van der Waals surface area contributed by atoms with Crippen molar-refractivity contribution in [2.24, 2.45) is 5.92 Å². The SMILES string of the molecule is COc1ccc(CC(CCl)Cc2ccc(Cl)s2)cc1. The summed E-state index contributed by atoms with van der Waals surface area (Å²) in [4.78, 5) is 1.30. The molecule has 1 unspecified atom stereocenters. The molecule has 0 bridgehead atoms. The first-order valence-electron chi connectivity index (χ1n) is 6.14. The third-order valence-corrected chi connectivity index (χ3v) is 4.71. The van der Waals surface area contributed by atoms with Crippen LogP contribution in [0.4, 0.5) is 0 Å². The number of rotatable bonds is 6. The van der Waals surface area contributed by atoms with E-state index in [4.69, 9.17) is 27.9 Å². The molecule has 0 amide bonds. The lowest BCUT2D eigenvalue weighted by Crippen LogP contribution is -2.09. The van der Waals surface area contributed by atoms with Gasteiger partial charge in [-0.25, -0.2) is 0 Å². The normalized spacial score (nSPS) is 12.4. The van der Waals surface area contributed by atoms with Gasteiger partial charge in [-0.05, 0) is 48.6 Å². The lowest BCUT2D eigenvalue weighted by atomic mass is 9.97. The molecule has 0 aliphatic rings. The molecule has 4 heteroatoms. The molecule has 2 aromatic rings. The first kappa shape index (κ1) is 14.7. The van der Waals surface area contributed by atoms with Gasteiger partial charge in [-0.15, -0.1) is 22.9 Å². The van der Waals surface area contributed by atoms with Crippen LogP contribution >= 0.6 is 34.5 Å². The van der Waals surface area contributed by atoms with Crippen LogP contribution in [-0.4, -0.2) is 13.0 Å². The van der Waals surface area contributed by atoms with Gasteiger partial charge in [0.25, 0.3) is 0 Å². The predicted molar refractivity (Wildman–Crippen MR) is 83.9 cm³/mol. The Morgan fingerprint density at radius 3 is 2.37 bits per heavy atom. The number of ether oxygens (including phenoxy) is 1. The minimum atomic E-state index is 0.435. The molecule has 0 fully saturated rings. The zero-order chi connectivity index (χ0) is 13.7. The van der Waals surface area contributed by atoms with Gasteiger partial charge in [-0.2, -0.15) is 0 Å². The van der Waals surface area contributed by atoms with E-state index >= 15 is 0 Å². The molecule has 1 aromatic heterocycles. The first-order valence-corrected chi connectivity index (χ1v) is 7.87. The Balaban J connectivity index is 1.97. The maximum Gasteiger partial charge on any atom is 0.118 e. The smallest absolute Gasteiger partial charge is 0.118 e. The molecule has 1 nitrogen and oxygen atoms in total. The zero-order valence-electron chi connectivity index (χ0n) is 10.7. The summed E-state index contributed by atoms with van der Waals surface area (Å²) in [6.45, 7) is 0. The van der Waals surface area contributed by atoms with Crippen molar-refractivity contribution in [1.82, 2.24) is 0 Å². The Morgan fingerprint density at radius 1 is 1.11 bits per heavy atom. The average Bonchev–Trinajstić information content (AvgIpc) is 2.84. The number of hydrogen-bond acceptors (Lipinski definition) is 2. The highest BCUT2D eigenvalue weighted by molar-refractivity contribution is 7.16. The first-order chi connectivity index (χ1) is 9.21. The monoisotopic (exact) mass is 314 g/mol. The largest absolute Gasteiger partial charge is 0.497 e. The summed E-state index contributed by atoms with van der Waals surface area (Å²) in [5.74, 6) is 1.97. The van der Waals surface area contributed by atoms with E-state index in [9.17, 15) is 0 Å². The quantitative estimate of drug-likeness (QED) is 0.678. The van der Waals surface area contributed by atoms with Gasteiger partial charge in [-0.1, -0.05) is 23.7 Å². The minimum absolute atomic E-state index is 0.435. The molecule has 0 spiro atoms. The van der Waals surface area contributed by atoms with Crippen LogP contribution in [-0.2, 0) is 12.8 Å². The molecule has 19 heavy (non-hydrogen) atoms. The summed E-state index contributed by atoms with van der Waals surface area (Å²) in [5.41, 5.74) is 1.29. The summed E-state index contributed by atoms with van der Waals surface area (Å²) < 4.78 is 6.00. The van der Waals surface area contributed by atoms with Gasteiger partial charge in [0.05, 0.1) is 11.4 Å². The molecule has 0 N–H and O–H groups in total. The number of thiophene rings is 1. The Labute approximate surface area is 128 Å². The second-order valence-electron chi connectivity index (χ2n) is 4.48. The van der Waals surface area contributed by atoms with E-state index in [1.807, 2.05) is 18.2 Å². The van der Waals surface area contributed by atoms with E-state index in [1.54, 1.807) is 18.4 Å². The molecular weight excluding hydrogens is 299 g/mol. The van der Waals surface area contributed by atoms with Crippen molar-refractivity contribution in [2.75, 3.05) is 13.0 Å². The Morgan fingerprint density at radius 2 is 1.84 bits per heavy atom. The van der Waals surface area contributed by atoms with Crippen LogP contribution in [0.25, 0.3) is 0 Å². The van der Waals surface area contributed by atoms with Crippen molar-refractivity contribution >= 4 is 34.5 Å². The van der Waals surface area contributed by atoms with E-state index in [0.29, 0.717) is 11.8 Å². The fourth-order valence-corrected chi connectivity index (χ4v) is 3.44. The molecular formula is C15H16Cl2OS. The van der Waals surface area contributed by atoms with Gasteiger partial charge < -0.3 is 4.74 Å². The maximum absolute atomic E-state index is 6.08. The fourth-order valence-electron chi connectivity index (χ4n) is 2.02. The Hall–Kier alpha value is -0.700. The van der Waals surface area contributed by atoms with Gasteiger partial charge in [0.2, 0.25) is 0 Å². The van der Waals surface area contributed by atoms with E-state index < -0.39 is 0 Å². The van der Waals surface area contributed by atoms with Crippen molar-refractivity contribution < 1.29 is 4.74 Å². The van der Waals surface area contributed by atoms with Crippen molar-refractivity contribution in [3.63, 3.8) is 0 Å². The third kappa shape index (κ3) is 4.41. The number of alkyl halides is 1. The lowest BCUT2D eigenvalue weighted by molar-refractivity contribution is 0.414. The van der Waals surface area contributed by atoms with E-state index in [0.717, 1.165) is 22.9 Å². The van der Waals surface area contributed by atoms with E-state index in [-0.39, 0.29) is 0 Å². The zero-order valence-corrected chi connectivity index (χ0v) is 13.1. The molecule has 102 valence electrons. The van der Waals surface area contributed by atoms with Gasteiger partial charge >= 0.3 is 0 Å². The van der Waals surface area contributed by atoms with Crippen molar-refractivity contribution in [3.05, 3.63) is 51.2 Å². The summed E-state index contributed by atoms with van der Waals surface area (Å²) in [6.07, 6.45) is 1.95. The molecule has 1 aromatic carbocycles. The molecule has 0 radical (unpaired) electrons. The second-order valence-corrected chi connectivity index (χ2v) is 6.59. The lowest BCUT2D eigenvalue weighted by Gasteiger charge is -2.13. The minimum Gasteiger partial charge on any atom is -0.497 e. The van der Waals surface area contributed by atoms with Crippen LogP contribution in [0.1, 0.15) is 10.4 Å². The molecule has 2 rings (SSSR count). The predicted octanol–water partition coefficient (Wildman–Crippen LogP) is 5.05. The molecule has 0 aliphatic carbocycles. The van der Waals surface area contributed by atoms with Crippen LogP contribution in [0.5, 0.6) is 5.75 Å². The molecule has 1 heterocycles. The summed E-state index contributed by atoms with van der Waals surface area (Å²) in [7, 11) is 1.68. The highest BCUT2D eigenvalue weighted by atomic mass is 35.5. The second kappa shape index (κ2) is 7.18. The Kier molecular flexibility index (Phi) is 5.56. The standard InChI is InChI=1S/C15H16Cl2OS/c1-18-13-4-2-11(3-5-13)8-12(10-16)9-14-6-7-15(17)19-14/h2-7,12H,8-10H2,1H3. The third-order valence-electron chi connectivity index (χ3n) is 3.02. The molecule has 0 saturated carbocycles. The maximum atomic E-state index is 6.08. The average molecular weight is 315 g/mol. The van der Waals surface area contributed by atoms with Gasteiger partial charge in [0.15, 0.2) is 0 Å². The van der Waals surface area contributed by atoms with Crippen LogP contribution in [0.3, 0.4) is 0 Å². The molecule has 0 aliphatic heterocycles. The van der Waals surface area contributed by atoms with Gasteiger partial charge in [0.1, 0.15) is 5.75 Å². The number of halogens is 2. The molecule has 1 atom stereocenters. The van der Waals surface area contributed by atoms with E-state index in [2.05, 4.69) is 18.2 Å². The van der Waals surface area contributed by atoms with Gasteiger partial charge in [0, 0.05) is 10.8 Å². The topological polar surface area (TPSA) is 9.23 Å². The summed E-state index contributed by atoms with van der Waals surface area (Å²) in [5, 5.41) is 0. The van der Waals surface area contributed by atoms with Crippen LogP contribution in [0.15, 0.2) is 36.4 Å². The summed E-state index contributed by atoms with van der Waals surface area (Å²) >= 11 is 13.7. The van der Waals surface area contributed by atoms with Crippen LogP contribution in [0.2, 0.25) is 4.34 Å².